The average Bonchev–Trinajstić information content (AvgIpc) is 2.10. The lowest BCUT2D eigenvalue weighted by molar-refractivity contribution is 1.04. The number of hydrogen-bond donors (Lipinski definition) is 4. The van der Waals surface area contributed by atoms with E-state index in [1.165, 1.54) is 0 Å². The van der Waals surface area contributed by atoms with E-state index in [1.807, 2.05) is 13.0 Å². The van der Waals surface area contributed by atoms with Gasteiger partial charge < -0.3 is 0 Å². The Morgan fingerprint density at radius 2 is 1.85 bits per heavy atom. The van der Waals surface area contributed by atoms with Crippen LogP contribution in [0.2, 0.25) is 0 Å². The number of rotatable bonds is 4. The molecule has 68 valence electrons. The Labute approximate surface area is 75.3 Å². The smallest absolute Gasteiger partial charge is 0.0609 e. The number of nitrogens with one attached hydrogen (secondary N) is 4. The third kappa shape index (κ3) is 2.22. The van der Waals surface area contributed by atoms with Crippen molar-refractivity contribution in [3.05, 3.63) is 23.8 Å². The van der Waals surface area contributed by atoms with Crippen molar-refractivity contribution in [3.63, 3.8) is 0 Å². The van der Waals surface area contributed by atoms with Gasteiger partial charge in [0.05, 0.1) is 11.4 Å². The summed E-state index contributed by atoms with van der Waals surface area (Å²) in [5, 5.41) is 6.10. The molecule has 1 aromatic rings. The molecule has 0 aromatic heterocycles. The first-order valence-corrected chi connectivity index (χ1v) is 3.63. The summed E-state index contributed by atoms with van der Waals surface area (Å²) in [7, 11) is 0. The Morgan fingerprint density at radius 1 is 1.15 bits per heavy atom. The van der Waals surface area contributed by atoms with E-state index in [0.717, 1.165) is 16.9 Å². The highest BCUT2D eigenvalue weighted by Gasteiger charge is 1.97. The van der Waals surface area contributed by atoms with Gasteiger partial charge in [-0.25, -0.2) is 0 Å². The molecule has 6 nitrogen and oxygen atoms in total. The molecule has 0 fully saturated rings. The van der Waals surface area contributed by atoms with Gasteiger partial charge in [-0.15, -0.1) is 0 Å². The lowest BCUT2D eigenvalue weighted by Crippen LogP contribution is -1.92. The average molecular weight is 178 g/mol. The van der Waals surface area contributed by atoms with Crippen LogP contribution < -0.4 is 10.9 Å². The zero-order valence-electron chi connectivity index (χ0n) is 7.13. The van der Waals surface area contributed by atoms with Crippen molar-refractivity contribution in [3.8, 4) is 0 Å². The van der Waals surface area contributed by atoms with Crippen LogP contribution in [0.3, 0.4) is 0 Å². The summed E-state index contributed by atoms with van der Waals surface area (Å²) < 4.78 is 0. The molecular formula is C7H10N6. The number of anilines is 2. The molecule has 0 unspecified atom stereocenters. The molecule has 0 bridgehead atoms. The fourth-order valence-electron chi connectivity index (χ4n) is 0.983. The van der Waals surface area contributed by atoms with Crippen molar-refractivity contribution in [2.75, 3.05) is 10.9 Å². The van der Waals surface area contributed by atoms with Gasteiger partial charge in [0.25, 0.3) is 0 Å². The minimum absolute atomic E-state index is 0.739. The van der Waals surface area contributed by atoms with E-state index in [2.05, 4.69) is 21.3 Å². The van der Waals surface area contributed by atoms with Gasteiger partial charge in [0.1, 0.15) is 0 Å². The van der Waals surface area contributed by atoms with Gasteiger partial charge in [0, 0.05) is 0 Å². The molecule has 0 amide bonds. The van der Waals surface area contributed by atoms with E-state index in [0.29, 0.717) is 0 Å². The topological polar surface area (TPSA) is 96.5 Å². The van der Waals surface area contributed by atoms with Crippen molar-refractivity contribution in [1.82, 2.24) is 0 Å². The van der Waals surface area contributed by atoms with Crippen molar-refractivity contribution in [2.45, 2.75) is 6.92 Å². The third-order valence-corrected chi connectivity index (χ3v) is 1.59. The number of benzene rings is 1. The van der Waals surface area contributed by atoms with Crippen LogP contribution in [0, 0.1) is 18.0 Å². The Hall–Kier alpha value is -1.98. The maximum atomic E-state index is 6.62. The highest BCUT2D eigenvalue weighted by Crippen LogP contribution is 2.19. The first-order valence-electron chi connectivity index (χ1n) is 3.63. The van der Waals surface area contributed by atoms with Crippen LogP contribution in [0.1, 0.15) is 5.56 Å². The molecule has 0 heterocycles. The first kappa shape index (κ1) is 9.11. The second kappa shape index (κ2) is 4.15. The zero-order valence-corrected chi connectivity index (χ0v) is 7.13. The Balaban J connectivity index is 2.90. The maximum absolute atomic E-state index is 6.62. The van der Waals surface area contributed by atoms with Crippen LogP contribution in [0.5, 0.6) is 0 Å². The molecule has 4 N–H and O–H groups in total. The van der Waals surface area contributed by atoms with Gasteiger partial charge in [0.15, 0.2) is 0 Å². The summed E-state index contributed by atoms with van der Waals surface area (Å²) in [5.41, 5.74) is 20.7. The molecular weight excluding hydrogens is 168 g/mol. The van der Waals surface area contributed by atoms with Crippen LogP contribution in [-0.2, 0) is 0 Å². The summed E-state index contributed by atoms with van der Waals surface area (Å²) in [5.74, 6) is 0. The highest BCUT2D eigenvalue weighted by atomic mass is 15.4. The molecule has 0 aliphatic carbocycles. The lowest BCUT2D eigenvalue weighted by Gasteiger charge is -2.05. The second-order valence-electron chi connectivity index (χ2n) is 2.48. The van der Waals surface area contributed by atoms with E-state index >= 15 is 0 Å². The molecule has 13 heavy (non-hydrogen) atoms. The molecule has 0 atom stereocenters. The summed E-state index contributed by atoms with van der Waals surface area (Å²) in [6.07, 6.45) is 0. The second-order valence-corrected chi connectivity index (χ2v) is 2.48. The summed E-state index contributed by atoms with van der Waals surface area (Å²) in [6.45, 7) is 1.88. The van der Waals surface area contributed by atoms with E-state index in [-0.39, 0.29) is 0 Å². The minimum Gasteiger partial charge on any atom is -0.260 e. The maximum Gasteiger partial charge on any atom is 0.0609 e. The fourth-order valence-corrected chi connectivity index (χ4v) is 0.983. The van der Waals surface area contributed by atoms with Crippen LogP contribution in [0.4, 0.5) is 11.4 Å². The summed E-state index contributed by atoms with van der Waals surface area (Å²) in [4.78, 5) is 0. The Kier molecular flexibility index (Phi) is 2.91. The lowest BCUT2D eigenvalue weighted by atomic mass is 10.2. The summed E-state index contributed by atoms with van der Waals surface area (Å²) >= 11 is 0. The SMILES string of the molecule is Cc1cc(NN=N)ccc1NN=N. The predicted molar refractivity (Wildman–Crippen MR) is 48.7 cm³/mol. The van der Waals surface area contributed by atoms with E-state index < -0.39 is 0 Å². The zero-order chi connectivity index (χ0) is 9.68. The minimum atomic E-state index is 0.739. The van der Waals surface area contributed by atoms with Crippen LogP contribution in [0.25, 0.3) is 0 Å². The van der Waals surface area contributed by atoms with Crippen molar-refractivity contribution in [2.24, 2.45) is 10.4 Å². The third-order valence-electron chi connectivity index (χ3n) is 1.59. The van der Waals surface area contributed by atoms with E-state index in [4.69, 9.17) is 11.1 Å². The molecule has 1 rings (SSSR count). The molecule has 0 saturated heterocycles. The number of nitrogens with zero attached hydrogens (tertiary/aromatic N) is 2. The number of hydrogen-bond acceptors (Lipinski definition) is 4. The van der Waals surface area contributed by atoms with E-state index in [9.17, 15) is 0 Å². The van der Waals surface area contributed by atoms with E-state index in [1.54, 1.807) is 12.1 Å². The number of aryl methyl sites for hydroxylation is 1. The van der Waals surface area contributed by atoms with Gasteiger partial charge in [-0.3, -0.25) is 10.9 Å². The molecule has 0 radical (unpaired) electrons. The largest absolute Gasteiger partial charge is 0.260 e. The molecule has 0 aliphatic rings. The van der Waals surface area contributed by atoms with Gasteiger partial charge >= 0.3 is 0 Å². The Morgan fingerprint density at radius 3 is 2.38 bits per heavy atom. The van der Waals surface area contributed by atoms with Crippen LogP contribution >= 0.6 is 0 Å². The monoisotopic (exact) mass is 178 g/mol. The molecule has 6 heteroatoms. The van der Waals surface area contributed by atoms with Gasteiger partial charge in [-0.2, -0.15) is 11.1 Å². The van der Waals surface area contributed by atoms with Crippen LogP contribution in [0.15, 0.2) is 28.6 Å². The standard InChI is InChI=1S/C7H10N6/c1-5-4-6(10-12-8)2-3-7(5)11-13-9/h2-4H,1H3,(H2,8,10)(H2,9,11). The molecule has 1 aromatic carbocycles. The fraction of sp³-hybridized carbons (Fsp3) is 0.143. The predicted octanol–water partition coefficient (Wildman–Crippen LogP) is 2.71. The van der Waals surface area contributed by atoms with Crippen molar-refractivity contribution in [1.29, 1.82) is 11.1 Å². The quantitative estimate of drug-likeness (QED) is 0.421. The molecule has 0 saturated carbocycles. The molecule has 0 aliphatic heterocycles. The highest BCUT2D eigenvalue weighted by molar-refractivity contribution is 5.58. The van der Waals surface area contributed by atoms with Crippen molar-refractivity contribution < 1.29 is 0 Å². The molecule has 0 spiro atoms. The van der Waals surface area contributed by atoms with Gasteiger partial charge in [0.2, 0.25) is 0 Å². The normalized spacial score (nSPS) is 9.00. The van der Waals surface area contributed by atoms with Crippen LogP contribution in [-0.4, -0.2) is 0 Å². The van der Waals surface area contributed by atoms with Gasteiger partial charge in [-0.05, 0) is 30.7 Å². The van der Waals surface area contributed by atoms with Gasteiger partial charge in [-0.1, -0.05) is 10.4 Å². The Bertz CT molecular complexity index is 321. The summed E-state index contributed by atoms with van der Waals surface area (Å²) in [6, 6.07) is 5.32. The van der Waals surface area contributed by atoms with Crippen molar-refractivity contribution >= 4 is 11.4 Å². The first-order chi connectivity index (χ1) is 6.27.